The van der Waals surface area contributed by atoms with Gasteiger partial charge >= 0.3 is 0 Å². The molecule has 1 saturated heterocycles. The number of carbonyl (C=O) groups excluding carboxylic acids is 1. The molecule has 29 heavy (non-hydrogen) atoms. The highest BCUT2D eigenvalue weighted by molar-refractivity contribution is 6.42. The number of halogens is 2. The van der Waals surface area contributed by atoms with Crippen LogP contribution in [0.5, 0.6) is 0 Å². The minimum absolute atomic E-state index is 0.118. The van der Waals surface area contributed by atoms with E-state index in [1.807, 2.05) is 6.07 Å². The maximum Gasteiger partial charge on any atom is 0.251 e. The second-order valence-corrected chi connectivity index (χ2v) is 8.94. The first-order chi connectivity index (χ1) is 13.9. The summed E-state index contributed by atoms with van der Waals surface area (Å²) in [6.45, 7) is 3.36. The first kappa shape index (κ1) is 20.7. The highest BCUT2D eigenvalue weighted by atomic mass is 35.5. The van der Waals surface area contributed by atoms with Crippen LogP contribution in [0.15, 0.2) is 29.5 Å². The van der Waals surface area contributed by atoms with Crippen molar-refractivity contribution >= 4 is 34.8 Å². The summed E-state index contributed by atoms with van der Waals surface area (Å²) in [5, 5.41) is 19.2. The summed E-state index contributed by atoms with van der Waals surface area (Å²) in [6, 6.07) is 5.44. The van der Waals surface area contributed by atoms with Gasteiger partial charge in [0.2, 0.25) is 0 Å². The van der Waals surface area contributed by atoms with Crippen LogP contribution in [-0.2, 0) is 16.1 Å². The number of nitrogens with one attached hydrogen (secondary N) is 4. The van der Waals surface area contributed by atoms with Gasteiger partial charge in [0, 0.05) is 18.7 Å². The first-order valence-corrected chi connectivity index (χ1v) is 10.9. The summed E-state index contributed by atoms with van der Waals surface area (Å²) in [5.41, 5.74) is 2.62. The number of hydrogen-bond acceptors (Lipinski definition) is 5. The maximum absolute atomic E-state index is 12.9. The molecule has 4 atom stereocenters. The SMILES string of the molecule is CC1CC1CC1=C(C(=N)C2CCCO2)NC(NCc2ccc(Cl)c(Cl)c2)NC1=O. The molecule has 1 saturated carbocycles. The summed E-state index contributed by atoms with van der Waals surface area (Å²) >= 11 is 12.1. The van der Waals surface area contributed by atoms with E-state index in [4.69, 9.17) is 33.3 Å². The molecule has 0 aromatic heterocycles. The molecule has 1 aromatic carbocycles. The van der Waals surface area contributed by atoms with Crippen LogP contribution in [0.2, 0.25) is 10.0 Å². The third-order valence-electron chi connectivity index (χ3n) is 5.90. The lowest BCUT2D eigenvalue weighted by Gasteiger charge is -2.32. The summed E-state index contributed by atoms with van der Waals surface area (Å²) in [4.78, 5) is 12.9. The molecule has 4 N–H and O–H groups in total. The third kappa shape index (κ3) is 4.77. The van der Waals surface area contributed by atoms with Crippen molar-refractivity contribution in [3.63, 3.8) is 0 Å². The van der Waals surface area contributed by atoms with Gasteiger partial charge in [-0.1, -0.05) is 36.2 Å². The van der Waals surface area contributed by atoms with Crippen LogP contribution >= 0.6 is 23.2 Å². The van der Waals surface area contributed by atoms with E-state index < -0.39 is 6.29 Å². The Balaban J connectivity index is 1.49. The predicted octanol–water partition coefficient (Wildman–Crippen LogP) is 3.58. The Bertz CT molecular complexity index is 851. The highest BCUT2D eigenvalue weighted by Crippen LogP contribution is 2.43. The third-order valence-corrected chi connectivity index (χ3v) is 6.64. The van der Waals surface area contributed by atoms with Crippen molar-refractivity contribution in [1.29, 1.82) is 5.41 Å². The molecule has 1 amide bonds. The van der Waals surface area contributed by atoms with Gasteiger partial charge in [0.25, 0.3) is 5.91 Å². The zero-order chi connectivity index (χ0) is 20.5. The Labute approximate surface area is 180 Å². The second kappa shape index (κ2) is 8.64. The zero-order valence-corrected chi connectivity index (χ0v) is 17.9. The quantitative estimate of drug-likeness (QED) is 0.492. The lowest BCUT2D eigenvalue weighted by atomic mass is 9.97. The van der Waals surface area contributed by atoms with Gasteiger partial charge in [-0.15, -0.1) is 0 Å². The van der Waals surface area contributed by atoms with Crippen molar-refractivity contribution in [1.82, 2.24) is 16.0 Å². The van der Waals surface area contributed by atoms with E-state index in [-0.39, 0.29) is 12.0 Å². The van der Waals surface area contributed by atoms with Gasteiger partial charge in [-0.25, -0.2) is 0 Å². The van der Waals surface area contributed by atoms with Gasteiger partial charge in [-0.05, 0) is 55.2 Å². The predicted molar refractivity (Wildman–Crippen MR) is 114 cm³/mol. The van der Waals surface area contributed by atoms with Crippen molar-refractivity contribution in [3.8, 4) is 0 Å². The molecule has 1 aliphatic carbocycles. The molecule has 4 unspecified atom stereocenters. The fraction of sp³-hybridized carbons (Fsp3) is 0.524. The van der Waals surface area contributed by atoms with E-state index in [9.17, 15) is 4.79 Å². The van der Waals surface area contributed by atoms with Crippen LogP contribution in [0, 0.1) is 17.2 Å². The van der Waals surface area contributed by atoms with Crippen LogP contribution in [0.3, 0.4) is 0 Å². The maximum atomic E-state index is 12.9. The monoisotopic (exact) mass is 436 g/mol. The van der Waals surface area contributed by atoms with Crippen molar-refractivity contribution < 1.29 is 9.53 Å². The van der Waals surface area contributed by atoms with Crippen molar-refractivity contribution in [2.45, 2.75) is 51.5 Å². The smallest absolute Gasteiger partial charge is 0.251 e. The Hall–Kier alpha value is -1.60. The van der Waals surface area contributed by atoms with Crippen molar-refractivity contribution in [2.75, 3.05) is 6.61 Å². The fourth-order valence-electron chi connectivity index (χ4n) is 3.92. The number of hydrogen-bond donors (Lipinski definition) is 4. The van der Waals surface area contributed by atoms with Gasteiger partial charge < -0.3 is 20.8 Å². The van der Waals surface area contributed by atoms with Gasteiger partial charge in [-0.2, -0.15) is 0 Å². The molecule has 4 rings (SSSR count). The molecular weight excluding hydrogens is 411 g/mol. The Morgan fingerprint density at radius 3 is 2.76 bits per heavy atom. The second-order valence-electron chi connectivity index (χ2n) is 8.13. The number of rotatable bonds is 7. The van der Waals surface area contributed by atoms with Gasteiger partial charge in [-0.3, -0.25) is 10.1 Å². The number of ether oxygens (including phenoxy) is 1. The Kier molecular flexibility index (Phi) is 6.16. The molecule has 1 aromatic rings. The van der Waals surface area contributed by atoms with Crippen LogP contribution in [-0.4, -0.2) is 30.6 Å². The minimum Gasteiger partial charge on any atom is -0.372 e. The molecule has 3 aliphatic rings. The first-order valence-electron chi connectivity index (χ1n) is 10.1. The van der Waals surface area contributed by atoms with Crippen LogP contribution in [0.25, 0.3) is 0 Å². The fourth-order valence-corrected chi connectivity index (χ4v) is 4.24. The molecular formula is C21H26Cl2N4O2. The number of benzene rings is 1. The number of carbonyl (C=O) groups is 1. The molecule has 2 aliphatic heterocycles. The lowest BCUT2D eigenvalue weighted by molar-refractivity contribution is -0.119. The van der Waals surface area contributed by atoms with E-state index in [1.54, 1.807) is 12.1 Å². The molecule has 0 bridgehead atoms. The molecule has 156 valence electrons. The van der Waals surface area contributed by atoms with Crippen molar-refractivity contribution in [3.05, 3.63) is 45.1 Å². The average molecular weight is 437 g/mol. The molecule has 8 heteroatoms. The lowest BCUT2D eigenvalue weighted by Crippen LogP contribution is -2.59. The Morgan fingerprint density at radius 2 is 2.10 bits per heavy atom. The van der Waals surface area contributed by atoms with Gasteiger partial charge in [0.15, 0.2) is 6.29 Å². The van der Waals surface area contributed by atoms with Crippen LogP contribution in [0.1, 0.15) is 38.2 Å². The van der Waals surface area contributed by atoms with Crippen molar-refractivity contribution in [2.24, 2.45) is 11.8 Å². The highest BCUT2D eigenvalue weighted by Gasteiger charge is 2.39. The van der Waals surface area contributed by atoms with E-state index in [1.165, 1.54) is 0 Å². The average Bonchev–Trinajstić information content (AvgIpc) is 3.16. The topological polar surface area (TPSA) is 86.2 Å². The summed E-state index contributed by atoms with van der Waals surface area (Å²) < 4.78 is 5.70. The molecule has 0 radical (unpaired) electrons. The minimum atomic E-state index is -0.478. The van der Waals surface area contributed by atoms with Crippen LogP contribution in [0.4, 0.5) is 0 Å². The van der Waals surface area contributed by atoms with Gasteiger partial charge in [0.05, 0.1) is 21.5 Å². The van der Waals surface area contributed by atoms with Crippen LogP contribution < -0.4 is 16.0 Å². The largest absolute Gasteiger partial charge is 0.372 e. The van der Waals surface area contributed by atoms with E-state index in [0.29, 0.717) is 58.4 Å². The van der Waals surface area contributed by atoms with E-state index in [2.05, 4.69) is 22.9 Å². The molecule has 2 heterocycles. The normalized spacial score (nSPS) is 28.9. The number of amides is 1. The molecule has 6 nitrogen and oxygen atoms in total. The molecule has 0 spiro atoms. The standard InChI is InChI=1S/C21H26Cl2N4O2/c1-11-7-13(11)9-14-19(18(24)17-3-2-6-29-17)26-21(27-20(14)28)25-10-12-4-5-15(22)16(23)8-12/h4-5,8,11,13,17,21,24-26H,2-3,6-7,9-10H2,1H3,(H,27,28). The van der Waals surface area contributed by atoms with E-state index >= 15 is 0 Å². The summed E-state index contributed by atoms with van der Waals surface area (Å²) in [6.07, 6.45) is 2.88. The van der Waals surface area contributed by atoms with Gasteiger partial charge in [0.1, 0.15) is 6.10 Å². The Morgan fingerprint density at radius 1 is 1.31 bits per heavy atom. The molecule has 2 fully saturated rings. The zero-order valence-electron chi connectivity index (χ0n) is 16.4. The summed E-state index contributed by atoms with van der Waals surface area (Å²) in [5.74, 6) is 1.04. The van der Waals surface area contributed by atoms with E-state index in [0.717, 1.165) is 24.8 Å². The summed E-state index contributed by atoms with van der Waals surface area (Å²) in [7, 11) is 0.